The molecule has 0 N–H and O–H groups in total. The Morgan fingerprint density at radius 2 is 2.25 bits per heavy atom. The summed E-state index contributed by atoms with van der Waals surface area (Å²) in [7, 11) is 0. The first kappa shape index (κ1) is 5.59. The second-order valence-electron chi connectivity index (χ2n) is 1.97. The van der Waals surface area contributed by atoms with Gasteiger partial charge in [-0.05, 0) is 0 Å². The van der Waals surface area contributed by atoms with Gasteiger partial charge in [-0.2, -0.15) is 4.91 Å². The maximum Gasteiger partial charge on any atom is 0.253 e. The molecule has 0 spiro atoms. The third kappa shape index (κ3) is 0.827. The van der Waals surface area contributed by atoms with Crippen LogP contribution in [0.4, 0.5) is 8.78 Å². The van der Waals surface area contributed by atoms with Gasteiger partial charge in [0.15, 0.2) is 0 Å². The number of nitrogens with zero attached hydrogens (tertiary/aromatic N) is 1. The largest absolute Gasteiger partial charge is 0.253 e. The van der Waals surface area contributed by atoms with E-state index in [1.54, 1.807) is 0 Å². The molecule has 0 aliphatic heterocycles. The summed E-state index contributed by atoms with van der Waals surface area (Å²) >= 11 is 0. The van der Waals surface area contributed by atoms with Crippen molar-refractivity contribution in [2.75, 3.05) is 6.54 Å². The lowest BCUT2D eigenvalue weighted by atomic mass is 10.4. The van der Waals surface area contributed by atoms with Crippen molar-refractivity contribution in [3.05, 3.63) is 4.91 Å². The fourth-order valence-corrected chi connectivity index (χ4v) is 0.558. The highest BCUT2D eigenvalue weighted by Crippen LogP contribution is 2.48. The van der Waals surface area contributed by atoms with Crippen LogP contribution >= 0.6 is 0 Å². The molecule has 1 saturated carbocycles. The molecule has 46 valence electrons. The Hall–Kier alpha value is -0.540. The van der Waals surface area contributed by atoms with Crippen molar-refractivity contribution < 1.29 is 8.78 Å². The molecule has 0 aromatic rings. The lowest BCUT2D eigenvalue weighted by molar-refractivity contribution is 0.101. The molecule has 0 radical (unpaired) electrons. The molecule has 2 nitrogen and oxygen atoms in total. The molecule has 1 rings (SSSR count). The minimum Gasteiger partial charge on any atom is -0.206 e. The Balaban J connectivity index is 2.26. The van der Waals surface area contributed by atoms with E-state index in [9.17, 15) is 13.7 Å². The summed E-state index contributed by atoms with van der Waals surface area (Å²) in [4.78, 5) is 9.36. The van der Waals surface area contributed by atoms with Gasteiger partial charge in [0.2, 0.25) is 0 Å². The van der Waals surface area contributed by atoms with E-state index >= 15 is 0 Å². The van der Waals surface area contributed by atoms with Crippen molar-refractivity contribution in [3.8, 4) is 0 Å². The summed E-state index contributed by atoms with van der Waals surface area (Å²) in [6.45, 7) is -0.229. The fraction of sp³-hybridized carbons (Fsp3) is 1.00. The Bertz CT molecular complexity index is 115. The van der Waals surface area contributed by atoms with Gasteiger partial charge < -0.3 is 0 Å². The van der Waals surface area contributed by atoms with Crippen LogP contribution in [0.2, 0.25) is 0 Å². The molecule has 0 aromatic carbocycles. The first-order valence-corrected chi connectivity index (χ1v) is 2.34. The molecule has 0 amide bonds. The van der Waals surface area contributed by atoms with Crippen LogP contribution in [-0.4, -0.2) is 12.5 Å². The van der Waals surface area contributed by atoms with Crippen LogP contribution in [0.25, 0.3) is 0 Å². The molecular weight excluding hydrogens is 116 g/mol. The Morgan fingerprint density at radius 1 is 1.75 bits per heavy atom. The van der Waals surface area contributed by atoms with Gasteiger partial charge in [0.25, 0.3) is 5.92 Å². The number of nitroso groups, excluding NO2 is 1. The second kappa shape index (κ2) is 1.47. The van der Waals surface area contributed by atoms with Crippen LogP contribution in [0, 0.1) is 10.8 Å². The van der Waals surface area contributed by atoms with Crippen molar-refractivity contribution in [3.63, 3.8) is 0 Å². The molecule has 0 saturated heterocycles. The molecule has 0 heterocycles. The maximum atomic E-state index is 11.8. The van der Waals surface area contributed by atoms with E-state index in [1.165, 1.54) is 0 Å². The molecule has 8 heavy (non-hydrogen) atoms. The maximum absolute atomic E-state index is 11.8. The molecule has 4 heteroatoms. The average molecular weight is 121 g/mol. The van der Waals surface area contributed by atoms with Gasteiger partial charge in [-0.25, -0.2) is 8.78 Å². The lowest BCUT2D eigenvalue weighted by Gasteiger charge is -1.86. The molecule has 1 aliphatic carbocycles. The summed E-state index contributed by atoms with van der Waals surface area (Å²) in [6, 6.07) is 0. The lowest BCUT2D eigenvalue weighted by Crippen LogP contribution is -1.95. The molecular formula is C4H5F2NO. The Labute approximate surface area is 44.9 Å². The first-order chi connectivity index (χ1) is 3.67. The van der Waals surface area contributed by atoms with Gasteiger partial charge in [-0.3, -0.25) is 0 Å². The molecule has 1 atom stereocenters. The molecule has 1 aliphatic rings. The number of alkyl halides is 2. The highest BCUT2D eigenvalue weighted by Gasteiger charge is 2.56. The van der Waals surface area contributed by atoms with Crippen LogP contribution in [0.15, 0.2) is 5.18 Å². The summed E-state index contributed by atoms with van der Waals surface area (Å²) in [5, 5.41) is 2.36. The Morgan fingerprint density at radius 3 is 2.38 bits per heavy atom. The van der Waals surface area contributed by atoms with E-state index in [4.69, 9.17) is 0 Å². The molecule has 0 bridgehead atoms. The van der Waals surface area contributed by atoms with E-state index in [1.807, 2.05) is 0 Å². The van der Waals surface area contributed by atoms with Crippen LogP contribution in [0.5, 0.6) is 0 Å². The van der Waals surface area contributed by atoms with Crippen molar-refractivity contribution in [2.24, 2.45) is 11.1 Å². The normalized spacial score (nSPS) is 32.0. The van der Waals surface area contributed by atoms with E-state index < -0.39 is 11.8 Å². The van der Waals surface area contributed by atoms with Crippen LogP contribution < -0.4 is 0 Å². The average Bonchev–Trinajstić information content (AvgIpc) is 2.15. The zero-order chi connectivity index (χ0) is 6.20. The van der Waals surface area contributed by atoms with E-state index in [2.05, 4.69) is 5.18 Å². The smallest absolute Gasteiger partial charge is 0.206 e. The number of hydrogen-bond donors (Lipinski definition) is 0. The van der Waals surface area contributed by atoms with Gasteiger partial charge in [0.05, 0.1) is 12.5 Å². The summed E-state index contributed by atoms with van der Waals surface area (Å²) in [5.74, 6) is -3.33. The van der Waals surface area contributed by atoms with Crippen molar-refractivity contribution in [1.82, 2.24) is 0 Å². The number of hydrogen-bond acceptors (Lipinski definition) is 2. The monoisotopic (exact) mass is 121 g/mol. The van der Waals surface area contributed by atoms with Gasteiger partial charge >= 0.3 is 0 Å². The standard InChI is InChI=1S/C4H5F2NO/c5-4(6)1-3(4)2-7-8/h3H,1-2H2. The van der Waals surface area contributed by atoms with E-state index in [0.29, 0.717) is 0 Å². The Kier molecular flexibility index (Phi) is 1.03. The SMILES string of the molecule is O=NCC1CC1(F)F. The van der Waals surface area contributed by atoms with Gasteiger partial charge in [-0.15, -0.1) is 0 Å². The van der Waals surface area contributed by atoms with Crippen molar-refractivity contribution in [1.29, 1.82) is 0 Å². The van der Waals surface area contributed by atoms with E-state index in [-0.39, 0.29) is 13.0 Å². The quantitative estimate of drug-likeness (QED) is 0.508. The summed E-state index contributed by atoms with van der Waals surface area (Å²) < 4.78 is 23.6. The minimum absolute atomic E-state index is 0.154. The number of halogens is 2. The van der Waals surface area contributed by atoms with E-state index in [0.717, 1.165) is 0 Å². The second-order valence-corrected chi connectivity index (χ2v) is 1.97. The fourth-order valence-electron chi connectivity index (χ4n) is 0.558. The zero-order valence-electron chi connectivity index (χ0n) is 4.10. The van der Waals surface area contributed by atoms with Crippen LogP contribution in [-0.2, 0) is 0 Å². The molecule has 0 aromatic heterocycles. The highest BCUT2D eigenvalue weighted by molar-refractivity contribution is 4.95. The predicted octanol–water partition coefficient (Wildman–Crippen LogP) is 1.41. The van der Waals surface area contributed by atoms with Gasteiger partial charge in [0.1, 0.15) is 0 Å². The van der Waals surface area contributed by atoms with Crippen molar-refractivity contribution >= 4 is 0 Å². The zero-order valence-corrected chi connectivity index (χ0v) is 4.10. The van der Waals surface area contributed by atoms with Gasteiger partial charge in [-0.1, -0.05) is 5.18 Å². The van der Waals surface area contributed by atoms with Crippen LogP contribution in [0.3, 0.4) is 0 Å². The minimum atomic E-state index is -2.58. The third-order valence-electron chi connectivity index (χ3n) is 1.25. The molecule has 1 unspecified atom stereocenters. The van der Waals surface area contributed by atoms with Crippen molar-refractivity contribution in [2.45, 2.75) is 12.3 Å². The van der Waals surface area contributed by atoms with Crippen LogP contribution in [0.1, 0.15) is 6.42 Å². The first-order valence-electron chi connectivity index (χ1n) is 2.34. The summed E-state index contributed by atoms with van der Waals surface area (Å²) in [6.07, 6.45) is -0.154. The topological polar surface area (TPSA) is 29.4 Å². The highest BCUT2D eigenvalue weighted by atomic mass is 19.3. The summed E-state index contributed by atoms with van der Waals surface area (Å²) in [5.41, 5.74) is 0. The predicted molar refractivity (Wildman–Crippen MR) is 23.7 cm³/mol. The van der Waals surface area contributed by atoms with Gasteiger partial charge in [0, 0.05) is 6.42 Å². The molecule has 1 fully saturated rings. The third-order valence-corrected chi connectivity index (χ3v) is 1.25. The number of rotatable bonds is 2.